The normalized spacial score (nSPS) is 17.6. The van der Waals surface area contributed by atoms with Crippen LogP contribution < -0.4 is 5.32 Å². The van der Waals surface area contributed by atoms with Gasteiger partial charge in [-0.15, -0.1) is 12.4 Å². The number of hydrogen-bond donors (Lipinski definition) is 1. The average molecular weight is 369 g/mol. The molecule has 0 spiro atoms. The van der Waals surface area contributed by atoms with Crippen molar-refractivity contribution in [2.24, 2.45) is 0 Å². The smallest absolute Gasteiger partial charge is 0.314 e. The Labute approximate surface area is 146 Å². The zero-order chi connectivity index (χ0) is 16.0. The molecular weight excluding hydrogens is 345 g/mol. The third-order valence-corrected chi connectivity index (χ3v) is 4.66. The predicted molar refractivity (Wildman–Crippen MR) is 92.3 cm³/mol. The van der Waals surface area contributed by atoms with Gasteiger partial charge in [-0.3, -0.25) is 4.90 Å². The molecule has 1 aromatic rings. The molecule has 1 N–H and O–H groups in total. The number of rotatable bonds is 6. The first kappa shape index (κ1) is 20.6. The highest BCUT2D eigenvalue weighted by atomic mass is 35.5. The molecule has 0 bridgehead atoms. The lowest BCUT2D eigenvalue weighted by molar-refractivity contribution is -0.0328. The van der Waals surface area contributed by atoms with Crippen LogP contribution in [0.4, 0.5) is 13.2 Å². The molecule has 0 radical (unpaired) electrons. The lowest BCUT2D eigenvalue weighted by Gasteiger charge is -2.35. The number of nitrogens with zero attached hydrogens (tertiary/aromatic N) is 1. The van der Waals surface area contributed by atoms with Crippen molar-refractivity contribution in [2.45, 2.75) is 42.6 Å². The van der Waals surface area contributed by atoms with Gasteiger partial charge in [0.25, 0.3) is 0 Å². The molecule has 0 amide bonds. The minimum atomic E-state index is -4.22. The Kier molecular flexibility index (Phi) is 8.75. The van der Waals surface area contributed by atoms with Crippen molar-refractivity contribution in [3.63, 3.8) is 0 Å². The van der Waals surface area contributed by atoms with E-state index in [1.807, 2.05) is 12.1 Å². The number of nitrogens with one attached hydrogen (secondary N) is 1. The summed E-state index contributed by atoms with van der Waals surface area (Å²) in [6, 6.07) is 7.21. The molecule has 1 atom stereocenters. The van der Waals surface area contributed by atoms with Crippen molar-refractivity contribution >= 4 is 24.2 Å². The summed E-state index contributed by atoms with van der Waals surface area (Å²) in [5, 5.41) is 3.34. The van der Waals surface area contributed by atoms with Crippen molar-refractivity contribution in [3.8, 4) is 0 Å². The molecular formula is C16H24ClF3N2S. The van der Waals surface area contributed by atoms with Crippen molar-refractivity contribution in [2.75, 3.05) is 26.2 Å². The molecule has 1 heterocycles. The fourth-order valence-corrected chi connectivity index (χ4v) is 3.38. The monoisotopic (exact) mass is 368 g/mol. The fourth-order valence-electron chi connectivity index (χ4n) is 2.84. The quantitative estimate of drug-likeness (QED) is 0.722. The van der Waals surface area contributed by atoms with E-state index in [0.29, 0.717) is 6.04 Å². The molecule has 0 unspecified atom stereocenters. The maximum Gasteiger partial charge on any atom is 0.446 e. The maximum absolute atomic E-state index is 12.4. The Morgan fingerprint density at radius 3 is 2.30 bits per heavy atom. The first-order valence-electron chi connectivity index (χ1n) is 7.80. The van der Waals surface area contributed by atoms with Crippen LogP contribution in [0, 0.1) is 0 Å². The van der Waals surface area contributed by atoms with E-state index in [1.165, 1.54) is 0 Å². The summed E-state index contributed by atoms with van der Waals surface area (Å²) in [5.74, 6) is 0. The molecule has 1 aliphatic heterocycles. The summed E-state index contributed by atoms with van der Waals surface area (Å²) in [5.41, 5.74) is -3.09. The van der Waals surface area contributed by atoms with Crippen LogP contribution in [-0.4, -0.2) is 36.6 Å². The Morgan fingerprint density at radius 1 is 1.17 bits per heavy atom. The van der Waals surface area contributed by atoms with Gasteiger partial charge in [0, 0.05) is 37.1 Å². The van der Waals surface area contributed by atoms with Crippen LogP contribution in [0.3, 0.4) is 0 Å². The van der Waals surface area contributed by atoms with Gasteiger partial charge < -0.3 is 5.32 Å². The van der Waals surface area contributed by atoms with E-state index in [4.69, 9.17) is 0 Å². The second-order valence-electron chi connectivity index (χ2n) is 5.56. The second-order valence-corrected chi connectivity index (χ2v) is 6.70. The van der Waals surface area contributed by atoms with Crippen LogP contribution in [0.2, 0.25) is 0 Å². The number of hydrogen-bond acceptors (Lipinski definition) is 3. The third-order valence-electron chi connectivity index (χ3n) is 3.92. The van der Waals surface area contributed by atoms with Crippen LogP contribution in [-0.2, 0) is 0 Å². The van der Waals surface area contributed by atoms with Gasteiger partial charge in [0.05, 0.1) is 0 Å². The molecule has 7 heteroatoms. The SMILES string of the molecule is CCCC[C@@H](c1ccc(SC(F)(F)F)cc1)N1CCNCC1.Cl. The van der Waals surface area contributed by atoms with Gasteiger partial charge in [-0.2, -0.15) is 13.2 Å². The van der Waals surface area contributed by atoms with Crippen molar-refractivity contribution in [1.82, 2.24) is 10.2 Å². The topological polar surface area (TPSA) is 15.3 Å². The summed E-state index contributed by atoms with van der Waals surface area (Å²) in [4.78, 5) is 2.70. The molecule has 2 nitrogen and oxygen atoms in total. The van der Waals surface area contributed by atoms with Gasteiger partial charge >= 0.3 is 5.51 Å². The van der Waals surface area contributed by atoms with E-state index in [0.717, 1.165) is 51.0 Å². The first-order valence-corrected chi connectivity index (χ1v) is 8.61. The van der Waals surface area contributed by atoms with Gasteiger partial charge in [-0.25, -0.2) is 0 Å². The Hall–Kier alpha value is -0.430. The highest BCUT2D eigenvalue weighted by molar-refractivity contribution is 8.00. The first-order chi connectivity index (χ1) is 10.5. The van der Waals surface area contributed by atoms with Crippen molar-refractivity contribution in [1.29, 1.82) is 0 Å². The third kappa shape index (κ3) is 6.91. The van der Waals surface area contributed by atoms with E-state index < -0.39 is 5.51 Å². The molecule has 0 saturated carbocycles. The summed E-state index contributed by atoms with van der Waals surface area (Å²) in [7, 11) is 0. The van der Waals surface area contributed by atoms with E-state index in [-0.39, 0.29) is 29.1 Å². The zero-order valence-electron chi connectivity index (χ0n) is 13.2. The molecule has 23 heavy (non-hydrogen) atoms. The lowest BCUT2D eigenvalue weighted by Crippen LogP contribution is -2.45. The van der Waals surface area contributed by atoms with Gasteiger partial charge in [-0.1, -0.05) is 31.9 Å². The van der Waals surface area contributed by atoms with Gasteiger partial charge in [0.1, 0.15) is 0 Å². The molecule has 0 aromatic heterocycles. The molecule has 1 aromatic carbocycles. The Balaban J connectivity index is 0.00000264. The zero-order valence-corrected chi connectivity index (χ0v) is 14.9. The molecule has 2 rings (SSSR count). The molecule has 0 aliphatic carbocycles. The van der Waals surface area contributed by atoms with E-state index in [1.54, 1.807) is 12.1 Å². The Morgan fingerprint density at radius 2 is 1.78 bits per heavy atom. The average Bonchev–Trinajstić information content (AvgIpc) is 2.49. The highest BCUT2D eigenvalue weighted by Crippen LogP contribution is 2.37. The highest BCUT2D eigenvalue weighted by Gasteiger charge is 2.29. The van der Waals surface area contributed by atoms with Crippen LogP contribution in [0.25, 0.3) is 0 Å². The number of alkyl halides is 3. The van der Waals surface area contributed by atoms with Crippen LogP contribution in [0.1, 0.15) is 37.8 Å². The van der Waals surface area contributed by atoms with Gasteiger partial charge in [0.2, 0.25) is 0 Å². The maximum atomic E-state index is 12.4. The number of unbranched alkanes of at least 4 members (excludes halogenated alkanes) is 1. The number of thioether (sulfide) groups is 1. The van der Waals surface area contributed by atoms with Gasteiger partial charge in [-0.05, 0) is 35.9 Å². The van der Waals surface area contributed by atoms with E-state index >= 15 is 0 Å². The molecule has 1 aliphatic rings. The Bertz CT molecular complexity index is 448. The van der Waals surface area contributed by atoms with Crippen LogP contribution in [0.5, 0.6) is 0 Å². The van der Waals surface area contributed by atoms with E-state index in [2.05, 4.69) is 17.1 Å². The summed E-state index contributed by atoms with van der Waals surface area (Å²) >= 11 is -0.0490. The molecule has 132 valence electrons. The predicted octanol–water partition coefficient (Wildman–Crippen LogP) is 4.86. The van der Waals surface area contributed by atoms with Crippen LogP contribution >= 0.6 is 24.2 Å². The minimum absolute atomic E-state index is 0. The van der Waals surface area contributed by atoms with Crippen LogP contribution in [0.15, 0.2) is 29.2 Å². The summed E-state index contributed by atoms with van der Waals surface area (Å²) < 4.78 is 37.2. The number of benzene rings is 1. The fraction of sp³-hybridized carbons (Fsp3) is 0.625. The van der Waals surface area contributed by atoms with Gasteiger partial charge in [0.15, 0.2) is 0 Å². The number of halogens is 4. The largest absolute Gasteiger partial charge is 0.446 e. The molecule has 1 saturated heterocycles. The number of piperazine rings is 1. The lowest BCUT2D eigenvalue weighted by atomic mass is 9.99. The standard InChI is InChI=1S/C16H23F3N2S.ClH/c1-2-3-4-15(21-11-9-20-10-12-21)13-5-7-14(8-6-13)22-16(17,18)19;/h5-8,15,20H,2-4,9-12H2,1H3;1H/t15-;/m0./s1. The van der Waals surface area contributed by atoms with Crippen molar-refractivity contribution < 1.29 is 13.2 Å². The molecule has 1 fully saturated rings. The summed E-state index contributed by atoms with van der Waals surface area (Å²) in [6.07, 6.45) is 3.32. The van der Waals surface area contributed by atoms with Crippen molar-refractivity contribution in [3.05, 3.63) is 29.8 Å². The summed E-state index contributed by atoms with van der Waals surface area (Å²) in [6.45, 7) is 6.11. The van der Waals surface area contributed by atoms with E-state index in [9.17, 15) is 13.2 Å². The minimum Gasteiger partial charge on any atom is -0.314 e. The second kappa shape index (κ2) is 9.77.